The van der Waals surface area contributed by atoms with Crippen LogP contribution in [0.3, 0.4) is 0 Å². The molecule has 0 aromatic heterocycles. The van der Waals surface area contributed by atoms with Crippen LogP contribution in [0.2, 0.25) is 0 Å². The maximum Gasteiger partial charge on any atom is 0.0337 e. The molecule has 1 nitrogen and oxygen atoms in total. The van der Waals surface area contributed by atoms with Gasteiger partial charge in [-0.25, -0.2) is 0 Å². The van der Waals surface area contributed by atoms with Crippen LogP contribution in [0.4, 0.5) is 5.69 Å². The molecular formula is C14H15NS. The molecule has 0 aliphatic heterocycles. The van der Waals surface area contributed by atoms with E-state index in [0.717, 1.165) is 5.69 Å². The first-order valence-corrected chi connectivity index (χ1v) is 6.48. The van der Waals surface area contributed by atoms with Gasteiger partial charge >= 0.3 is 0 Å². The van der Waals surface area contributed by atoms with Crippen LogP contribution in [-0.2, 0) is 0 Å². The summed E-state index contributed by atoms with van der Waals surface area (Å²) in [4.78, 5) is 1.30. The van der Waals surface area contributed by atoms with E-state index in [2.05, 4.69) is 60.1 Å². The quantitative estimate of drug-likeness (QED) is 0.795. The third-order valence-electron chi connectivity index (χ3n) is 2.60. The molecule has 0 aliphatic rings. The molecule has 0 radical (unpaired) electrons. The van der Waals surface area contributed by atoms with Gasteiger partial charge in [-0.2, -0.15) is 0 Å². The molecule has 2 aromatic carbocycles. The molecule has 2 rings (SSSR count). The van der Waals surface area contributed by atoms with Gasteiger partial charge in [0.25, 0.3) is 0 Å². The van der Waals surface area contributed by atoms with Crippen LogP contribution >= 0.6 is 11.8 Å². The smallest absolute Gasteiger partial charge is 0.0337 e. The lowest BCUT2D eigenvalue weighted by atomic mass is 10.1. The van der Waals surface area contributed by atoms with Crippen LogP contribution in [-0.4, -0.2) is 13.3 Å². The molecule has 0 atom stereocenters. The molecule has 16 heavy (non-hydrogen) atoms. The molecule has 1 N–H and O–H groups in total. The fourth-order valence-electron chi connectivity index (χ4n) is 1.61. The van der Waals surface area contributed by atoms with Crippen molar-refractivity contribution in [3.05, 3.63) is 48.5 Å². The van der Waals surface area contributed by atoms with E-state index in [4.69, 9.17) is 0 Å². The first kappa shape index (κ1) is 11.1. The fraction of sp³-hybridized carbons (Fsp3) is 0.143. The minimum Gasteiger partial charge on any atom is -0.388 e. The van der Waals surface area contributed by atoms with E-state index in [0.29, 0.717) is 0 Å². The molecule has 82 valence electrons. The molecule has 0 heterocycles. The van der Waals surface area contributed by atoms with E-state index in [9.17, 15) is 0 Å². The van der Waals surface area contributed by atoms with Gasteiger partial charge in [-0.1, -0.05) is 24.3 Å². The Labute approximate surface area is 101 Å². The topological polar surface area (TPSA) is 12.0 Å². The van der Waals surface area contributed by atoms with Crippen molar-refractivity contribution in [1.82, 2.24) is 0 Å². The van der Waals surface area contributed by atoms with Crippen LogP contribution in [0.5, 0.6) is 0 Å². The maximum absolute atomic E-state index is 3.12. The van der Waals surface area contributed by atoms with E-state index in [1.807, 2.05) is 7.05 Å². The first-order valence-electron chi connectivity index (χ1n) is 5.26. The summed E-state index contributed by atoms with van der Waals surface area (Å²) in [7, 11) is 1.93. The maximum atomic E-state index is 3.12. The van der Waals surface area contributed by atoms with E-state index in [-0.39, 0.29) is 0 Å². The van der Waals surface area contributed by atoms with Crippen molar-refractivity contribution in [1.29, 1.82) is 0 Å². The Morgan fingerprint density at radius 2 is 1.31 bits per heavy atom. The number of anilines is 1. The van der Waals surface area contributed by atoms with Crippen molar-refractivity contribution in [3.63, 3.8) is 0 Å². The number of thioether (sulfide) groups is 1. The molecule has 0 aliphatic carbocycles. The van der Waals surface area contributed by atoms with Gasteiger partial charge in [0.2, 0.25) is 0 Å². The highest BCUT2D eigenvalue weighted by Crippen LogP contribution is 2.24. The fourth-order valence-corrected chi connectivity index (χ4v) is 2.02. The molecular weight excluding hydrogens is 214 g/mol. The summed E-state index contributed by atoms with van der Waals surface area (Å²) in [6.07, 6.45) is 2.09. The lowest BCUT2D eigenvalue weighted by Crippen LogP contribution is -1.86. The Kier molecular flexibility index (Phi) is 3.52. The molecule has 0 fully saturated rings. The Hall–Kier alpha value is -1.41. The van der Waals surface area contributed by atoms with Crippen molar-refractivity contribution in [2.24, 2.45) is 0 Å². The summed E-state index contributed by atoms with van der Waals surface area (Å²) in [5, 5.41) is 3.12. The van der Waals surface area contributed by atoms with Gasteiger partial charge in [0.1, 0.15) is 0 Å². The Balaban J connectivity index is 2.28. The average Bonchev–Trinajstić information content (AvgIpc) is 2.39. The second-order valence-corrected chi connectivity index (χ2v) is 4.44. The van der Waals surface area contributed by atoms with Crippen molar-refractivity contribution < 1.29 is 0 Å². The highest BCUT2D eigenvalue weighted by molar-refractivity contribution is 7.98. The van der Waals surface area contributed by atoms with Crippen LogP contribution in [0.25, 0.3) is 11.1 Å². The summed E-state index contributed by atoms with van der Waals surface area (Å²) >= 11 is 1.77. The highest BCUT2D eigenvalue weighted by Gasteiger charge is 1.97. The average molecular weight is 229 g/mol. The number of rotatable bonds is 3. The van der Waals surface area contributed by atoms with Gasteiger partial charge < -0.3 is 5.32 Å². The zero-order valence-electron chi connectivity index (χ0n) is 9.53. The summed E-state index contributed by atoms with van der Waals surface area (Å²) < 4.78 is 0. The van der Waals surface area contributed by atoms with Crippen molar-refractivity contribution in [2.45, 2.75) is 4.90 Å². The van der Waals surface area contributed by atoms with Gasteiger partial charge in [-0.15, -0.1) is 11.8 Å². The lowest BCUT2D eigenvalue weighted by molar-refractivity contribution is 1.45. The van der Waals surface area contributed by atoms with Crippen molar-refractivity contribution in [3.8, 4) is 11.1 Å². The molecule has 0 unspecified atom stereocenters. The lowest BCUT2D eigenvalue weighted by Gasteiger charge is -2.04. The minimum absolute atomic E-state index is 1.14. The van der Waals surface area contributed by atoms with Gasteiger partial charge in [0, 0.05) is 17.6 Å². The summed E-state index contributed by atoms with van der Waals surface area (Å²) in [5.74, 6) is 0. The predicted octanol–water partition coefficient (Wildman–Crippen LogP) is 4.12. The molecule has 0 bridgehead atoms. The van der Waals surface area contributed by atoms with Crippen LogP contribution in [0.15, 0.2) is 53.4 Å². The van der Waals surface area contributed by atoms with Crippen LogP contribution in [0, 0.1) is 0 Å². The zero-order valence-corrected chi connectivity index (χ0v) is 10.3. The second-order valence-electron chi connectivity index (χ2n) is 3.56. The van der Waals surface area contributed by atoms with Gasteiger partial charge in [0.15, 0.2) is 0 Å². The Morgan fingerprint density at radius 3 is 1.75 bits per heavy atom. The summed E-state index contributed by atoms with van der Waals surface area (Å²) in [6.45, 7) is 0. The van der Waals surface area contributed by atoms with Gasteiger partial charge in [0.05, 0.1) is 0 Å². The number of benzene rings is 2. The molecule has 0 saturated carbocycles. The third kappa shape index (κ3) is 2.39. The van der Waals surface area contributed by atoms with E-state index in [1.165, 1.54) is 16.0 Å². The predicted molar refractivity (Wildman–Crippen MR) is 73.2 cm³/mol. The van der Waals surface area contributed by atoms with Crippen molar-refractivity contribution >= 4 is 17.4 Å². The van der Waals surface area contributed by atoms with E-state index in [1.54, 1.807) is 11.8 Å². The second kappa shape index (κ2) is 5.08. The van der Waals surface area contributed by atoms with E-state index < -0.39 is 0 Å². The summed E-state index contributed by atoms with van der Waals surface area (Å²) in [5.41, 5.74) is 3.66. The van der Waals surface area contributed by atoms with Crippen LogP contribution < -0.4 is 5.32 Å². The number of nitrogens with one attached hydrogen (secondary N) is 1. The SMILES string of the molecule is CNc1ccc(-c2ccc(SC)cc2)cc1. The first-order chi connectivity index (χ1) is 7.83. The molecule has 0 spiro atoms. The molecule has 0 amide bonds. The monoisotopic (exact) mass is 229 g/mol. The van der Waals surface area contributed by atoms with Crippen LogP contribution in [0.1, 0.15) is 0 Å². The Morgan fingerprint density at radius 1 is 0.812 bits per heavy atom. The van der Waals surface area contributed by atoms with E-state index >= 15 is 0 Å². The summed E-state index contributed by atoms with van der Waals surface area (Å²) in [6, 6.07) is 17.1. The normalized spacial score (nSPS) is 10.1. The van der Waals surface area contributed by atoms with Gasteiger partial charge in [-0.3, -0.25) is 0 Å². The molecule has 2 aromatic rings. The third-order valence-corrected chi connectivity index (χ3v) is 3.34. The number of hydrogen-bond acceptors (Lipinski definition) is 2. The Bertz CT molecular complexity index is 400. The standard InChI is InChI=1S/C14H15NS/c1-15-13-7-3-11(4-8-13)12-5-9-14(16-2)10-6-12/h3-10,15H,1-2H3. The van der Waals surface area contributed by atoms with Gasteiger partial charge in [-0.05, 0) is 41.6 Å². The zero-order chi connectivity index (χ0) is 11.4. The molecule has 2 heteroatoms. The molecule has 0 saturated heterocycles. The largest absolute Gasteiger partial charge is 0.388 e. The van der Waals surface area contributed by atoms with Crippen molar-refractivity contribution in [2.75, 3.05) is 18.6 Å². The number of hydrogen-bond donors (Lipinski definition) is 1. The minimum atomic E-state index is 1.14. The highest BCUT2D eigenvalue weighted by atomic mass is 32.2.